The fourth-order valence-corrected chi connectivity index (χ4v) is 4.45. The lowest BCUT2D eigenvalue weighted by Crippen LogP contribution is -2.46. The van der Waals surface area contributed by atoms with Crippen LogP contribution in [-0.4, -0.2) is 45.6 Å². The lowest BCUT2D eigenvalue weighted by molar-refractivity contribution is -0.123. The van der Waals surface area contributed by atoms with E-state index in [2.05, 4.69) is 20.3 Å². The van der Waals surface area contributed by atoms with E-state index >= 15 is 0 Å². The summed E-state index contributed by atoms with van der Waals surface area (Å²) < 4.78 is 6.51. The molecule has 0 atom stereocenters. The number of methoxy groups -OCH3 is 1. The molecule has 1 aromatic carbocycles. The summed E-state index contributed by atoms with van der Waals surface area (Å²) in [4.78, 5) is 40.8. The Balaban J connectivity index is 1.78. The molecule has 0 aliphatic carbocycles. The molecular weight excluding hydrogens is 372 g/mol. The van der Waals surface area contributed by atoms with E-state index in [1.165, 1.54) is 18.0 Å². The average Bonchev–Trinajstić information content (AvgIpc) is 2.99. The molecule has 0 unspecified atom stereocenters. The predicted octanol–water partition coefficient (Wildman–Crippen LogP) is 1.03. The number of aryl methyl sites for hydroxylation is 1. The van der Waals surface area contributed by atoms with Gasteiger partial charge in [0.05, 0.1) is 18.2 Å². The third kappa shape index (κ3) is 2.34. The third-order valence-electron chi connectivity index (χ3n) is 5.94. The van der Waals surface area contributed by atoms with Gasteiger partial charge in [-0.1, -0.05) is 18.2 Å². The highest BCUT2D eigenvalue weighted by molar-refractivity contribution is 6.15. The number of amides is 1. The lowest BCUT2D eigenvalue weighted by atomic mass is 9.74. The van der Waals surface area contributed by atoms with Crippen LogP contribution in [0.1, 0.15) is 18.4 Å². The summed E-state index contributed by atoms with van der Waals surface area (Å²) in [6.07, 6.45) is 2.80. The van der Waals surface area contributed by atoms with Crippen molar-refractivity contribution in [2.45, 2.75) is 18.3 Å². The van der Waals surface area contributed by atoms with Gasteiger partial charge in [-0.3, -0.25) is 19.1 Å². The van der Waals surface area contributed by atoms with E-state index < -0.39 is 11.0 Å². The Labute approximate surface area is 166 Å². The van der Waals surface area contributed by atoms with Crippen molar-refractivity contribution in [2.24, 2.45) is 7.05 Å². The highest BCUT2D eigenvalue weighted by Crippen LogP contribution is 2.49. The van der Waals surface area contributed by atoms with Crippen LogP contribution in [-0.2, 0) is 17.3 Å². The molecule has 4 heterocycles. The molecule has 0 saturated carbocycles. The number of anilines is 2. The average molecular weight is 392 g/mol. The van der Waals surface area contributed by atoms with E-state index in [9.17, 15) is 9.59 Å². The van der Waals surface area contributed by atoms with Gasteiger partial charge in [0.2, 0.25) is 5.91 Å². The molecule has 1 spiro atoms. The van der Waals surface area contributed by atoms with Crippen molar-refractivity contribution in [3.8, 4) is 5.88 Å². The fraction of sp³-hybridized carbons (Fsp3) is 0.350. The molecule has 29 heavy (non-hydrogen) atoms. The molecule has 2 aromatic heterocycles. The Bertz CT molecular complexity index is 1200. The van der Waals surface area contributed by atoms with Crippen molar-refractivity contribution in [2.75, 3.05) is 25.1 Å². The van der Waals surface area contributed by atoms with Crippen LogP contribution in [0.3, 0.4) is 0 Å². The first-order chi connectivity index (χ1) is 14.1. The van der Waals surface area contributed by atoms with Crippen molar-refractivity contribution in [3.63, 3.8) is 0 Å². The molecule has 2 aliphatic rings. The zero-order valence-corrected chi connectivity index (χ0v) is 16.2. The maximum absolute atomic E-state index is 13.8. The van der Waals surface area contributed by atoms with Gasteiger partial charge >= 0.3 is 5.56 Å². The molecule has 9 heteroatoms. The summed E-state index contributed by atoms with van der Waals surface area (Å²) in [6, 6.07) is 7.82. The van der Waals surface area contributed by atoms with E-state index in [0.717, 1.165) is 37.2 Å². The number of nitrogens with one attached hydrogen (secondary N) is 1. The van der Waals surface area contributed by atoms with Gasteiger partial charge in [-0.05, 0) is 37.6 Å². The van der Waals surface area contributed by atoms with Crippen LogP contribution in [0.25, 0.3) is 11.2 Å². The predicted molar refractivity (Wildman–Crippen MR) is 106 cm³/mol. The number of benzene rings is 1. The van der Waals surface area contributed by atoms with Gasteiger partial charge in [-0.15, -0.1) is 0 Å². The first-order valence-electron chi connectivity index (χ1n) is 9.49. The van der Waals surface area contributed by atoms with Gasteiger partial charge in [0, 0.05) is 7.05 Å². The van der Waals surface area contributed by atoms with Gasteiger partial charge in [-0.25, -0.2) is 15.0 Å². The fourth-order valence-electron chi connectivity index (χ4n) is 4.45. The summed E-state index contributed by atoms with van der Waals surface area (Å²) in [5.74, 6) is 0.277. The van der Waals surface area contributed by atoms with Gasteiger partial charge in [0.25, 0.3) is 5.88 Å². The van der Waals surface area contributed by atoms with Crippen molar-refractivity contribution in [3.05, 3.63) is 46.5 Å². The molecule has 9 nitrogen and oxygen atoms in total. The van der Waals surface area contributed by atoms with Gasteiger partial charge in [0.1, 0.15) is 6.33 Å². The molecule has 1 N–H and O–H groups in total. The van der Waals surface area contributed by atoms with Gasteiger partial charge in [-0.2, -0.15) is 0 Å². The summed E-state index contributed by atoms with van der Waals surface area (Å²) in [5, 5.41) is 3.34. The van der Waals surface area contributed by atoms with Gasteiger partial charge in [0.15, 0.2) is 17.0 Å². The summed E-state index contributed by atoms with van der Waals surface area (Å²) in [5.41, 5.74) is 1.53. The van der Waals surface area contributed by atoms with Crippen molar-refractivity contribution >= 4 is 28.6 Å². The molecule has 0 bridgehead atoms. The number of rotatable bonds is 2. The van der Waals surface area contributed by atoms with Gasteiger partial charge < -0.3 is 10.1 Å². The molecule has 1 fully saturated rings. The monoisotopic (exact) mass is 392 g/mol. The van der Waals surface area contributed by atoms with Crippen molar-refractivity contribution < 1.29 is 9.53 Å². The second kappa shape index (κ2) is 6.35. The Morgan fingerprint density at radius 3 is 2.66 bits per heavy atom. The number of ether oxygens (including phenoxy) is 1. The van der Waals surface area contributed by atoms with E-state index in [-0.39, 0.29) is 11.8 Å². The van der Waals surface area contributed by atoms with Crippen molar-refractivity contribution in [1.82, 2.24) is 24.8 Å². The second-order valence-corrected chi connectivity index (χ2v) is 7.34. The first kappa shape index (κ1) is 17.7. The van der Waals surface area contributed by atoms with Crippen LogP contribution in [0.5, 0.6) is 5.88 Å². The number of para-hydroxylation sites is 1. The standard InChI is InChI=1S/C20H20N6O3/c1-25-15-14(24-17(29-2)18(25)27)16(23-11-22-15)26-13-6-4-3-5-12(13)20(19(26)28)7-9-21-10-8-20/h3-6,11,21H,7-10H2,1-2H3. The minimum atomic E-state index is -0.579. The summed E-state index contributed by atoms with van der Waals surface area (Å²) in [6.45, 7) is 1.55. The highest BCUT2D eigenvalue weighted by atomic mass is 16.5. The Morgan fingerprint density at radius 2 is 1.90 bits per heavy atom. The SMILES string of the molecule is COc1nc2c(N3C(=O)C4(CCNCC4)c4ccccc43)ncnc2n(C)c1=O. The largest absolute Gasteiger partial charge is 0.477 e. The highest BCUT2D eigenvalue weighted by Gasteiger charge is 2.52. The first-order valence-corrected chi connectivity index (χ1v) is 9.49. The molecule has 148 valence electrons. The number of piperidine rings is 1. The third-order valence-corrected chi connectivity index (χ3v) is 5.94. The van der Waals surface area contributed by atoms with Crippen molar-refractivity contribution in [1.29, 1.82) is 0 Å². The van der Waals surface area contributed by atoms with E-state index in [1.807, 2.05) is 24.3 Å². The summed E-state index contributed by atoms with van der Waals surface area (Å²) in [7, 11) is 2.99. The number of hydrogen-bond acceptors (Lipinski definition) is 7. The number of hydrogen-bond donors (Lipinski definition) is 1. The van der Waals surface area contributed by atoms with E-state index in [1.54, 1.807) is 11.9 Å². The van der Waals surface area contributed by atoms with Crippen LogP contribution in [0.2, 0.25) is 0 Å². The molecule has 1 amide bonds. The number of fused-ring (bicyclic) bond motifs is 3. The normalized spacial score (nSPS) is 17.7. The molecule has 2 aliphatic heterocycles. The maximum atomic E-state index is 13.8. The zero-order chi connectivity index (χ0) is 20.2. The second-order valence-electron chi connectivity index (χ2n) is 7.34. The number of carbonyl (C=O) groups excluding carboxylic acids is 1. The Kier molecular flexibility index (Phi) is 3.88. The number of carbonyl (C=O) groups is 1. The van der Waals surface area contributed by atoms with Crippen LogP contribution >= 0.6 is 0 Å². The molecule has 3 aromatic rings. The number of aromatic nitrogens is 4. The van der Waals surface area contributed by atoms with Crippen LogP contribution in [0.15, 0.2) is 35.4 Å². The topological polar surface area (TPSA) is 102 Å². The number of nitrogens with zero attached hydrogens (tertiary/aromatic N) is 5. The Morgan fingerprint density at radius 1 is 1.14 bits per heavy atom. The zero-order valence-electron chi connectivity index (χ0n) is 16.2. The Hall–Kier alpha value is -3.33. The quantitative estimate of drug-likeness (QED) is 0.695. The van der Waals surface area contributed by atoms with Crippen LogP contribution in [0, 0.1) is 0 Å². The maximum Gasteiger partial charge on any atom is 0.314 e. The minimum Gasteiger partial charge on any atom is -0.477 e. The smallest absolute Gasteiger partial charge is 0.314 e. The lowest BCUT2D eigenvalue weighted by Gasteiger charge is -2.32. The van der Waals surface area contributed by atoms with E-state index in [4.69, 9.17) is 4.74 Å². The van der Waals surface area contributed by atoms with E-state index in [0.29, 0.717) is 17.0 Å². The molecule has 1 saturated heterocycles. The molecule has 5 rings (SSSR count). The summed E-state index contributed by atoms with van der Waals surface area (Å²) >= 11 is 0. The minimum absolute atomic E-state index is 0.0187. The van der Waals surface area contributed by atoms with Crippen LogP contribution in [0.4, 0.5) is 11.5 Å². The molecular formula is C20H20N6O3. The molecule has 0 radical (unpaired) electrons. The van der Waals surface area contributed by atoms with Crippen LogP contribution < -0.4 is 20.5 Å².